The van der Waals surface area contributed by atoms with Gasteiger partial charge in [0.2, 0.25) is 17.8 Å². The molecule has 27 heavy (non-hydrogen) atoms. The fourth-order valence-electron chi connectivity index (χ4n) is 3.06. The molecule has 1 saturated heterocycles. The monoisotopic (exact) mass is 368 g/mol. The van der Waals surface area contributed by atoms with Crippen LogP contribution in [0.5, 0.6) is 0 Å². The molecule has 2 amide bonds. The van der Waals surface area contributed by atoms with Crippen molar-refractivity contribution in [2.75, 3.05) is 24.5 Å². The second-order valence-corrected chi connectivity index (χ2v) is 6.51. The lowest BCUT2D eigenvalue weighted by Gasteiger charge is -2.31. The van der Waals surface area contributed by atoms with Gasteiger partial charge in [-0.15, -0.1) is 0 Å². The molecular formula is C19H24N6O2. The summed E-state index contributed by atoms with van der Waals surface area (Å²) in [5.74, 6) is 0.434. The average molecular weight is 368 g/mol. The fraction of sp³-hybridized carbons (Fsp3) is 0.421. The fourth-order valence-corrected chi connectivity index (χ4v) is 3.06. The zero-order valence-corrected chi connectivity index (χ0v) is 15.2. The van der Waals surface area contributed by atoms with Gasteiger partial charge in [-0.3, -0.25) is 14.6 Å². The zero-order valence-electron chi connectivity index (χ0n) is 15.2. The van der Waals surface area contributed by atoms with E-state index in [0.717, 1.165) is 24.9 Å². The van der Waals surface area contributed by atoms with Crippen molar-refractivity contribution in [3.05, 3.63) is 48.5 Å². The van der Waals surface area contributed by atoms with Crippen molar-refractivity contribution in [3.8, 4) is 0 Å². The van der Waals surface area contributed by atoms with Crippen molar-refractivity contribution in [1.82, 2.24) is 25.6 Å². The van der Waals surface area contributed by atoms with Crippen LogP contribution in [0.15, 0.2) is 43.0 Å². The summed E-state index contributed by atoms with van der Waals surface area (Å²) in [7, 11) is 0. The smallest absolute Gasteiger partial charge is 0.225 e. The van der Waals surface area contributed by atoms with Crippen LogP contribution in [0, 0.1) is 5.92 Å². The number of carbonyl (C=O) groups is 2. The summed E-state index contributed by atoms with van der Waals surface area (Å²) in [6.45, 7) is 2.22. The number of anilines is 1. The largest absolute Gasteiger partial charge is 0.355 e. The van der Waals surface area contributed by atoms with E-state index in [-0.39, 0.29) is 24.2 Å². The van der Waals surface area contributed by atoms with E-state index in [2.05, 4.69) is 25.6 Å². The lowest BCUT2D eigenvalue weighted by molar-refractivity contribution is -0.125. The van der Waals surface area contributed by atoms with Crippen molar-refractivity contribution >= 4 is 17.8 Å². The number of rotatable bonds is 7. The van der Waals surface area contributed by atoms with E-state index in [9.17, 15) is 9.59 Å². The Hall–Kier alpha value is -3.03. The summed E-state index contributed by atoms with van der Waals surface area (Å²) in [6, 6.07) is 5.51. The molecule has 0 unspecified atom stereocenters. The number of pyridine rings is 1. The van der Waals surface area contributed by atoms with Crippen LogP contribution in [0.2, 0.25) is 0 Å². The zero-order chi connectivity index (χ0) is 18.9. The Morgan fingerprint density at radius 3 is 2.78 bits per heavy atom. The highest BCUT2D eigenvalue weighted by molar-refractivity contribution is 5.81. The minimum atomic E-state index is -0.110. The number of carbonyl (C=O) groups excluding carboxylic acids is 2. The first-order valence-corrected chi connectivity index (χ1v) is 9.17. The molecule has 2 aromatic rings. The maximum Gasteiger partial charge on any atom is 0.225 e. The number of nitrogens with zero attached hydrogens (tertiary/aromatic N) is 4. The maximum absolute atomic E-state index is 12.4. The van der Waals surface area contributed by atoms with Crippen LogP contribution in [-0.2, 0) is 16.1 Å². The number of aromatic nitrogens is 3. The first kappa shape index (κ1) is 18.8. The lowest BCUT2D eigenvalue weighted by atomic mass is 9.97. The highest BCUT2D eigenvalue weighted by atomic mass is 16.2. The molecule has 2 aromatic heterocycles. The Kier molecular flexibility index (Phi) is 6.67. The summed E-state index contributed by atoms with van der Waals surface area (Å²) in [5, 5.41) is 5.70. The first-order valence-electron chi connectivity index (χ1n) is 9.17. The van der Waals surface area contributed by atoms with E-state index < -0.39 is 0 Å². The topological polar surface area (TPSA) is 100 Å². The molecule has 0 bridgehead atoms. The quantitative estimate of drug-likeness (QED) is 0.754. The predicted molar refractivity (Wildman–Crippen MR) is 101 cm³/mol. The molecule has 0 aromatic carbocycles. The van der Waals surface area contributed by atoms with Crippen molar-refractivity contribution < 1.29 is 9.59 Å². The second-order valence-electron chi connectivity index (χ2n) is 6.51. The first-order chi connectivity index (χ1) is 13.2. The van der Waals surface area contributed by atoms with Gasteiger partial charge in [-0.05, 0) is 30.5 Å². The molecule has 8 nitrogen and oxygen atoms in total. The number of amides is 2. The Bertz CT molecular complexity index is 740. The van der Waals surface area contributed by atoms with Crippen LogP contribution < -0.4 is 15.5 Å². The molecule has 1 fully saturated rings. The molecule has 1 aliphatic rings. The summed E-state index contributed by atoms with van der Waals surface area (Å²) < 4.78 is 0. The second kappa shape index (κ2) is 9.61. The Balaban J connectivity index is 1.38. The van der Waals surface area contributed by atoms with Gasteiger partial charge in [-0.25, -0.2) is 9.97 Å². The van der Waals surface area contributed by atoms with Gasteiger partial charge in [0.1, 0.15) is 0 Å². The summed E-state index contributed by atoms with van der Waals surface area (Å²) in [6.07, 6.45) is 8.82. The minimum Gasteiger partial charge on any atom is -0.355 e. The molecule has 1 aliphatic heterocycles. The van der Waals surface area contributed by atoms with Crippen LogP contribution in [0.4, 0.5) is 5.95 Å². The Labute approximate surface area is 158 Å². The van der Waals surface area contributed by atoms with E-state index in [0.29, 0.717) is 25.6 Å². The minimum absolute atomic E-state index is 0.0179. The van der Waals surface area contributed by atoms with Crippen molar-refractivity contribution in [2.45, 2.75) is 25.8 Å². The van der Waals surface area contributed by atoms with Gasteiger partial charge >= 0.3 is 0 Å². The summed E-state index contributed by atoms with van der Waals surface area (Å²) in [4.78, 5) is 38.9. The molecule has 3 rings (SSSR count). The summed E-state index contributed by atoms with van der Waals surface area (Å²) >= 11 is 0. The number of nitrogens with one attached hydrogen (secondary N) is 2. The van der Waals surface area contributed by atoms with Crippen LogP contribution in [0.1, 0.15) is 24.8 Å². The molecule has 2 N–H and O–H groups in total. The van der Waals surface area contributed by atoms with Gasteiger partial charge in [0.15, 0.2) is 0 Å². The molecule has 3 heterocycles. The SMILES string of the molecule is O=C(CCNC(=O)[C@H]1CCCN(c2ncccn2)C1)NCc1cccnc1. The van der Waals surface area contributed by atoms with Gasteiger partial charge in [0.05, 0.1) is 5.92 Å². The highest BCUT2D eigenvalue weighted by Gasteiger charge is 2.26. The Morgan fingerprint density at radius 1 is 1.15 bits per heavy atom. The summed E-state index contributed by atoms with van der Waals surface area (Å²) in [5.41, 5.74) is 0.945. The van der Waals surface area contributed by atoms with E-state index in [1.165, 1.54) is 0 Å². The molecule has 0 spiro atoms. The Morgan fingerprint density at radius 2 is 2.00 bits per heavy atom. The van der Waals surface area contributed by atoms with Crippen LogP contribution in [-0.4, -0.2) is 46.4 Å². The van der Waals surface area contributed by atoms with Gasteiger partial charge < -0.3 is 15.5 Å². The lowest BCUT2D eigenvalue weighted by Crippen LogP contribution is -2.44. The third kappa shape index (κ3) is 5.73. The maximum atomic E-state index is 12.4. The standard InChI is InChI=1S/C19H24N6O2/c26-17(24-13-15-4-1-7-20-12-15)6-10-21-18(27)16-5-2-11-25(14-16)19-22-8-3-9-23-19/h1,3-4,7-9,12,16H,2,5-6,10-11,13-14H2,(H,21,27)(H,24,26)/t16-/m0/s1. The highest BCUT2D eigenvalue weighted by Crippen LogP contribution is 2.19. The van der Waals surface area contributed by atoms with Gasteiger partial charge in [-0.1, -0.05) is 6.07 Å². The van der Waals surface area contributed by atoms with Crippen molar-refractivity contribution in [3.63, 3.8) is 0 Å². The van der Waals surface area contributed by atoms with E-state index in [1.807, 2.05) is 17.0 Å². The van der Waals surface area contributed by atoms with Crippen LogP contribution in [0.3, 0.4) is 0 Å². The molecule has 0 aliphatic carbocycles. The molecule has 0 saturated carbocycles. The number of piperidine rings is 1. The normalized spacial score (nSPS) is 16.6. The molecule has 142 valence electrons. The third-order valence-corrected chi connectivity index (χ3v) is 4.49. The van der Waals surface area contributed by atoms with E-state index >= 15 is 0 Å². The molecular weight excluding hydrogens is 344 g/mol. The number of hydrogen-bond donors (Lipinski definition) is 2. The molecule has 1 atom stereocenters. The van der Waals surface area contributed by atoms with Crippen molar-refractivity contribution in [2.24, 2.45) is 5.92 Å². The van der Waals surface area contributed by atoms with Crippen LogP contribution >= 0.6 is 0 Å². The average Bonchev–Trinajstić information content (AvgIpc) is 2.73. The van der Waals surface area contributed by atoms with Crippen LogP contribution in [0.25, 0.3) is 0 Å². The number of hydrogen-bond acceptors (Lipinski definition) is 6. The third-order valence-electron chi connectivity index (χ3n) is 4.49. The van der Waals surface area contributed by atoms with E-state index in [1.54, 1.807) is 30.9 Å². The van der Waals surface area contributed by atoms with Gasteiger partial charge in [0, 0.05) is 57.4 Å². The van der Waals surface area contributed by atoms with Crippen molar-refractivity contribution in [1.29, 1.82) is 0 Å². The van der Waals surface area contributed by atoms with Gasteiger partial charge in [-0.2, -0.15) is 0 Å². The van der Waals surface area contributed by atoms with Gasteiger partial charge in [0.25, 0.3) is 0 Å². The van der Waals surface area contributed by atoms with E-state index in [4.69, 9.17) is 0 Å². The molecule has 8 heteroatoms. The predicted octanol–water partition coefficient (Wildman–Crippen LogP) is 0.911. The molecule has 0 radical (unpaired) electrons.